The minimum absolute atomic E-state index is 0.307. The molecule has 196 valence electrons. The zero-order valence-electron chi connectivity index (χ0n) is 21.5. The first-order valence-corrected chi connectivity index (χ1v) is 11.8. The molecule has 0 bridgehead atoms. The summed E-state index contributed by atoms with van der Waals surface area (Å²) in [6.07, 6.45) is 5.78. The molecule has 9 nitrogen and oxygen atoms in total. The molecule has 0 radical (unpaired) electrons. The highest BCUT2D eigenvalue weighted by molar-refractivity contribution is 5.88. The molecule has 1 saturated heterocycles. The fourth-order valence-electron chi connectivity index (χ4n) is 3.88. The Bertz CT molecular complexity index is 1110. The molecule has 1 aliphatic rings. The summed E-state index contributed by atoms with van der Waals surface area (Å²) in [7, 11) is 3.40. The maximum atomic E-state index is 13.1. The van der Waals surface area contributed by atoms with E-state index in [1.54, 1.807) is 43.5 Å². The number of urea groups is 1. The number of primary amides is 1. The van der Waals surface area contributed by atoms with Gasteiger partial charge in [-0.15, -0.1) is 0 Å². The van der Waals surface area contributed by atoms with E-state index in [0.717, 1.165) is 37.2 Å². The number of carbonyl (C=O) groups excluding carboxylic acids is 1. The number of methoxy groups -OCH3 is 1. The molecule has 0 saturated carbocycles. The van der Waals surface area contributed by atoms with Gasteiger partial charge in [-0.05, 0) is 43.5 Å². The van der Waals surface area contributed by atoms with Crippen LogP contribution in [0.4, 0.5) is 19.4 Å². The monoisotopic (exact) mass is 503 g/mol. The fraction of sp³-hybridized carbons (Fsp3) is 0.440. The number of hydrogen-bond acceptors (Lipinski definition) is 6. The van der Waals surface area contributed by atoms with Crippen LogP contribution in [0.15, 0.2) is 36.8 Å². The molecule has 3 heterocycles. The van der Waals surface area contributed by atoms with Crippen LogP contribution in [0, 0.1) is 18.6 Å². The molecule has 2 aromatic heterocycles. The van der Waals surface area contributed by atoms with Crippen molar-refractivity contribution in [2.45, 2.75) is 33.1 Å². The van der Waals surface area contributed by atoms with Gasteiger partial charge in [0.05, 0.1) is 12.8 Å². The van der Waals surface area contributed by atoms with Crippen LogP contribution in [0.1, 0.15) is 37.3 Å². The van der Waals surface area contributed by atoms with Gasteiger partial charge in [-0.2, -0.15) is 5.10 Å². The second kappa shape index (κ2) is 14.2. The molecular weight excluding hydrogens is 468 g/mol. The Hall–Kier alpha value is -3.44. The largest absolute Gasteiger partial charge is 0.383 e. The van der Waals surface area contributed by atoms with Gasteiger partial charge in [-0.1, -0.05) is 19.9 Å². The predicted molar refractivity (Wildman–Crippen MR) is 136 cm³/mol. The van der Waals surface area contributed by atoms with Gasteiger partial charge in [0, 0.05) is 45.2 Å². The lowest BCUT2D eigenvalue weighted by Crippen LogP contribution is -2.24. The van der Waals surface area contributed by atoms with E-state index >= 15 is 0 Å². The van der Waals surface area contributed by atoms with Crippen LogP contribution in [0.25, 0.3) is 11.4 Å². The van der Waals surface area contributed by atoms with E-state index in [-0.39, 0.29) is 0 Å². The lowest BCUT2D eigenvalue weighted by Gasteiger charge is -2.15. The summed E-state index contributed by atoms with van der Waals surface area (Å²) in [4.78, 5) is 21.3. The summed E-state index contributed by atoms with van der Waals surface area (Å²) in [6.45, 7) is 9.34. The van der Waals surface area contributed by atoms with Crippen molar-refractivity contribution in [3.8, 4) is 11.4 Å². The quantitative estimate of drug-likeness (QED) is 0.524. The van der Waals surface area contributed by atoms with Gasteiger partial charge in [0.25, 0.3) is 0 Å². The Balaban J connectivity index is 0.000000237. The van der Waals surface area contributed by atoms with Crippen molar-refractivity contribution < 1.29 is 18.3 Å². The average molecular weight is 504 g/mol. The molecule has 3 aromatic rings. The highest BCUT2D eigenvalue weighted by Crippen LogP contribution is 2.28. The lowest BCUT2D eigenvalue weighted by molar-refractivity contribution is 0.160. The van der Waals surface area contributed by atoms with Crippen LogP contribution in [-0.4, -0.2) is 64.0 Å². The van der Waals surface area contributed by atoms with Crippen molar-refractivity contribution >= 4 is 11.8 Å². The number of aryl methyl sites for hydroxylation is 1. The van der Waals surface area contributed by atoms with Gasteiger partial charge in [0.1, 0.15) is 17.2 Å². The molecule has 11 heteroatoms. The minimum Gasteiger partial charge on any atom is -0.383 e. The second-order valence-corrected chi connectivity index (χ2v) is 7.98. The number of rotatable bonds is 6. The third-order valence-electron chi connectivity index (χ3n) is 5.63. The molecule has 1 aliphatic heterocycles. The van der Waals surface area contributed by atoms with E-state index in [0.29, 0.717) is 29.7 Å². The van der Waals surface area contributed by atoms with Gasteiger partial charge in [-0.25, -0.2) is 13.6 Å². The molecular formula is C25H35F2N7O2. The van der Waals surface area contributed by atoms with E-state index in [2.05, 4.69) is 25.3 Å². The fourth-order valence-corrected chi connectivity index (χ4v) is 3.88. The maximum absolute atomic E-state index is 13.1. The molecule has 0 spiro atoms. The van der Waals surface area contributed by atoms with Crippen LogP contribution < -0.4 is 11.1 Å². The standard InChI is InChI=1S/C13H17F2NO.C10H12N6O.C2H6/c1-17-7-6-16-5-4-11(9-16)10-2-3-12(14)13(15)8-10;1-6-8(7-5-12-3-4-13-7)15-16(2)9(6)14-10(11)17;1-2/h2-3,8,11H,4-7,9H2,1H3;3-5H,1-2H3,(H3,11,14,17);1-2H3. The summed E-state index contributed by atoms with van der Waals surface area (Å²) in [6, 6.07) is 3.59. The van der Waals surface area contributed by atoms with Gasteiger partial charge < -0.3 is 15.4 Å². The Morgan fingerprint density at radius 2 is 2.00 bits per heavy atom. The smallest absolute Gasteiger partial charge is 0.317 e. The van der Waals surface area contributed by atoms with Crippen LogP contribution in [0.2, 0.25) is 0 Å². The summed E-state index contributed by atoms with van der Waals surface area (Å²) >= 11 is 0. The van der Waals surface area contributed by atoms with Crippen LogP contribution in [-0.2, 0) is 11.8 Å². The number of ether oxygens (including phenoxy) is 1. The lowest BCUT2D eigenvalue weighted by atomic mass is 9.98. The van der Waals surface area contributed by atoms with Gasteiger partial charge in [-0.3, -0.25) is 20.0 Å². The molecule has 1 atom stereocenters. The van der Waals surface area contributed by atoms with Crippen LogP contribution in [0.3, 0.4) is 0 Å². The number of likely N-dealkylation sites (tertiary alicyclic amines) is 1. The number of benzene rings is 1. The summed E-state index contributed by atoms with van der Waals surface area (Å²) in [5.74, 6) is -0.666. The van der Waals surface area contributed by atoms with E-state index < -0.39 is 17.7 Å². The number of halogens is 2. The van der Waals surface area contributed by atoms with E-state index in [9.17, 15) is 13.6 Å². The molecule has 1 fully saturated rings. The Morgan fingerprint density at radius 1 is 1.25 bits per heavy atom. The number of nitrogens with two attached hydrogens (primary N) is 1. The van der Waals surface area contributed by atoms with Gasteiger partial charge in [0.2, 0.25) is 0 Å². The summed E-state index contributed by atoms with van der Waals surface area (Å²) < 4.78 is 32.5. The van der Waals surface area contributed by atoms with Crippen LogP contribution in [0.5, 0.6) is 0 Å². The Labute approximate surface area is 210 Å². The number of aromatic nitrogens is 4. The van der Waals surface area contributed by atoms with Crippen molar-refractivity contribution in [2.24, 2.45) is 12.8 Å². The third kappa shape index (κ3) is 7.79. The van der Waals surface area contributed by atoms with Gasteiger partial charge >= 0.3 is 6.03 Å². The first-order chi connectivity index (χ1) is 17.3. The number of amides is 2. The minimum atomic E-state index is -0.775. The molecule has 3 N–H and O–H groups in total. The van der Waals surface area contributed by atoms with Gasteiger partial charge in [0.15, 0.2) is 11.6 Å². The number of hydrogen-bond donors (Lipinski definition) is 2. The normalized spacial score (nSPS) is 14.9. The Morgan fingerprint density at radius 3 is 2.61 bits per heavy atom. The number of nitrogens with one attached hydrogen (secondary N) is 1. The van der Waals surface area contributed by atoms with E-state index in [1.165, 1.54) is 12.1 Å². The molecule has 1 unspecified atom stereocenters. The maximum Gasteiger partial charge on any atom is 0.317 e. The first-order valence-electron chi connectivity index (χ1n) is 11.8. The topological polar surface area (TPSA) is 111 Å². The molecule has 0 aliphatic carbocycles. The number of carbonyl (C=O) groups is 1. The molecule has 2 amide bonds. The SMILES string of the molecule is CC.COCCN1CCC(c2ccc(F)c(F)c2)C1.Cc1c(-c2cnccn2)nn(C)c1NC(N)=O. The van der Waals surface area contributed by atoms with Crippen molar-refractivity contribution in [1.29, 1.82) is 0 Å². The zero-order chi connectivity index (χ0) is 26.7. The predicted octanol–water partition coefficient (Wildman–Crippen LogP) is 4.10. The van der Waals surface area contributed by atoms with E-state index in [4.69, 9.17) is 10.5 Å². The molecule has 36 heavy (non-hydrogen) atoms. The van der Waals surface area contributed by atoms with Crippen molar-refractivity contribution in [2.75, 3.05) is 38.7 Å². The van der Waals surface area contributed by atoms with Crippen molar-refractivity contribution in [3.63, 3.8) is 0 Å². The summed E-state index contributed by atoms with van der Waals surface area (Å²) in [5, 5.41) is 6.80. The highest BCUT2D eigenvalue weighted by Gasteiger charge is 2.24. The number of nitrogens with zero attached hydrogens (tertiary/aromatic N) is 5. The molecule has 4 rings (SSSR count). The third-order valence-corrected chi connectivity index (χ3v) is 5.63. The van der Waals surface area contributed by atoms with Crippen molar-refractivity contribution in [1.82, 2.24) is 24.6 Å². The van der Waals surface area contributed by atoms with E-state index in [1.807, 2.05) is 20.8 Å². The number of anilines is 1. The van der Waals surface area contributed by atoms with Crippen molar-refractivity contribution in [3.05, 3.63) is 59.6 Å². The second-order valence-electron chi connectivity index (χ2n) is 7.98. The molecule has 1 aromatic carbocycles. The zero-order valence-corrected chi connectivity index (χ0v) is 21.5. The average Bonchev–Trinajstić information content (AvgIpc) is 3.47. The highest BCUT2D eigenvalue weighted by atomic mass is 19.2. The summed E-state index contributed by atoms with van der Waals surface area (Å²) in [5.41, 5.74) is 8.10. The Kier molecular flexibility index (Phi) is 11.4. The van der Waals surface area contributed by atoms with Crippen LogP contribution >= 0.6 is 0 Å². The first kappa shape index (κ1) is 28.8.